The number of piperidine rings is 1. The Hall–Kier alpha value is -1.65. The van der Waals surface area contributed by atoms with Gasteiger partial charge in [-0.25, -0.2) is 0 Å². The second kappa shape index (κ2) is 8.57. The minimum atomic E-state index is 0.313. The van der Waals surface area contributed by atoms with Crippen LogP contribution in [0.1, 0.15) is 41.7 Å². The number of fused-ring (bicyclic) bond motifs is 1. The van der Waals surface area contributed by atoms with Gasteiger partial charge in [-0.1, -0.05) is 30.3 Å². The number of carbonyl (C=O) groups excluding carboxylic acids is 1. The topological polar surface area (TPSA) is 23.6 Å². The predicted molar refractivity (Wildman–Crippen MR) is 112 cm³/mol. The molecule has 1 atom stereocenters. The first-order valence-corrected chi connectivity index (χ1v) is 11.2. The monoisotopic (exact) mass is 382 g/mol. The third-order valence-corrected chi connectivity index (χ3v) is 7.25. The molecule has 0 spiro atoms. The zero-order valence-corrected chi connectivity index (χ0v) is 17.1. The van der Waals surface area contributed by atoms with Crippen LogP contribution >= 0.6 is 11.3 Å². The van der Waals surface area contributed by atoms with Gasteiger partial charge in [0.15, 0.2) is 0 Å². The van der Waals surface area contributed by atoms with E-state index in [1.54, 1.807) is 11.3 Å². The van der Waals surface area contributed by atoms with Crippen LogP contribution in [-0.4, -0.2) is 47.9 Å². The van der Waals surface area contributed by atoms with Crippen molar-refractivity contribution in [3.8, 4) is 0 Å². The van der Waals surface area contributed by atoms with Crippen LogP contribution in [0.5, 0.6) is 0 Å². The molecule has 0 radical (unpaired) electrons. The number of aryl methyl sites for hydroxylation is 1. The Morgan fingerprint density at radius 3 is 2.67 bits per heavy atom. The van der Waals surface area contributed by atoms with Crippen LogP contribution in [0.15, 0.2) is 41.8 Å². The molecular weight excluding hydrogens is 352 g/mol. The molecule has 1 fully saturated rings. The van der Waals surface area contributed by atoms with Gasteiger partial charge in [0.2, 0.25) is 5.91 Å². The van der Waals surface area contributed by atoms with E-state index in [1.807, 2.05) is 11.9 Å². The predicted octanol–water partition coefficient (Wildman–Crippen LogP) is 4.16. The maximum atomic E-state index is 12.7. The Bertz CT molecular complexity index is 732. The summed E-state index contributed by atoms with van der Waals surface area (Å²) in [5.41, 5.74) is 3.03. The van der Waals surface area contributed by atoms with Crippen molar-refractivity contribution in [2.24, 2.45) is 0 Å². The first-order valence-electron chi connectivity index (χ1n) is 10.3. The number of likely N-dealkylation sites (N-methyl/N-ethyl adjacent to an activating group) is 1. The zero-order chi connectivity index (χ0) is 18.6. The van der Waals surface area contributed by atoms with Crippen molar-refractivity contribution in [2.75, 3.05) is 20.1 Å². The highest BCUT2D eigenvalue weighted by molar-refractivity contribution is 7.09. The Kier molecular flexibility index (Phi) is 5.94. The number of thiophene rings is 1. The lowest BCUT2D eigenvalue weighted by atomic mass is 10.0. The van der Waals surface area contributed by atoms with Crippen molar-refractivity contribution < 1.29 is 4.79 Å². The molecule has 1 aliphatic carbocycles. The van der Waals surface area contributed by atoms with Crippen molar-refractivity contribution in [2.45, 2.75) is 57.0 Å². The molecule has 1 aromatic heterocycles. The standard InChI is InChI=1S/C23H30N2OS/c1-24(23(26)12-4-10-22-11-6-14-27-22)20-9-5-13-25(17-20)21-15-18-7-2-3-8-19(18)16-21/h2-3,6-8,11,14,20-21H,4-5,9-10,12-13,15-17H2,1H3/t20-/m0/s1. The van der Waals surface area contributed by atoms with Crippen molar-refractivity contribution in [3.63, 3.8) is 0 Å². The Labute approximate surface area is 167 Å². The zero-order valence-electron chi connectivity index (χ0n) is 16.3. The van der Waals surface area contributed by atoms with E-state index in [9.17, 15) is 4.79 Å². The number of hydrogen-bond acceptors (Lipinski definition) is 3. The molecule has 0 bridgehead atoms. The van der Waals surface area contributed by atoms with Gasteiger partial charge in [-0.05, 0) is 67.6 Å². The molecule has 1 saturated heterocycles. The normalized spacial score (nSPS) is 20.6. The second-order valence-electron chi connectivity index (χ2n) is 8.06. The molecule has 1 aliphatic heterocycles. The molecule has 0 N–H and O–H groups in total. The van der Waals surface area contributed by atoms with Crippen LogP contribution < -0.4 is 0 Å². The summed E-state index contributed by atoms with van der Waals surface area (Å²) in [7, 11) is 2.02. The van der Waals surface area contributed by atoms with Gasteiger partial charge in [0.1, 0.15) is 0 Å². The summed E-state index contributed by atoms with van der Waals surface area (Å²) in [6.45, 7) is 2.21. The van der Waals surface area contributed by atoms with Gasteiger partial charge in [-0.2, -0.15) is 0 Å². The average molecular weight is 383 g/mol. The van der Waals surface area contributed by atoms with Crippen LogP contribution in [-0.2, 0) is 24.1 Å². The Morgan fingerprint density at radius 2 is 1.96 bits per heavy atom. The molecule has 0 unspecified atom stereocenters. The minimum Gasteiger partial charge on any atom is -0.341 e. The third kappa shape index (κ3) is 4.44. The molecule has 4 rings (SSSR count). The first-order chi connectivity index (χ1) is 13.2. The van der Waals surface area contributed by atoms with Gasteiger partial charge in [-0.15, -0.1) is 11.3 Å². The largest absolute Gasteiger partial charge is 0.341 e. The molecule has 2 heterocycles. The molecule has 3 nitrogen and oxygen atoms in total. The summed E-state index contributed by atoms with van der Waals surface area (Å²) < 4.78 is 0. The Balaban J connectivity index is 1.28. The molecule has 1 amide bonds. The van der Waals surface area contributed by atoms with Crippen molar-refractivity contribution in [1.82, 2.24) is 9.80 Å². The molecule has 27 heavy (non-hydrogen) atoms. The number of benzene rings is 1. The van der Waals surface area contributed by atoms with Crippen LogP contribution in [0, 0.1) is 0 Å². The summed E-state index contributed by atoms with van der Waals surface area (Å²) in [6, 6.07) is 14.1. The van der Waals surface area contributed by atoms with E-state index in [1.165, 1.54) is 41.8 Å². The third-order valence-electron chi connectivity index (χ3n) is 6.31. The molecule has 1 aromatic carbocycles. The summed E-state index contributed by atoms with van der Waals surface area (Å²) in [5, 5.41) is 2.11. The molecular formula is C23H30N2OS. The Morgan fingerprint density at radius 1 is 1.19 bits per heavy atom. The van der Waals surface area contributed by atoms with E-state index in [0.717, 1.165) is 25.8 Å². The van der Waals surface area contributed by atoms with E-state index < -0.39 is 0 Å². The summed E-state index contributed by atoms with van der Waals surface area (Å²) in [4.78, 5) is 18.8. The van der Waals surface area contributed by atoms with Gasteiger partial charge in [-0.3, -0.25) is 9.69 Å². The number of rotatable bonds is 6. The summed E-state index contributed by atoms with van der Waals surface area (Å²) in [6.07, 6.45) is 7.32. The number of carbonyl (C=O) groups is 1. The highest BCUT2D eigenvalue weighted by atomic mass is 32.1. The smallest absolute Gasteiger partial charge is 0.222 e. The lowest BCUT2D eigenvalue weighted by molar-refractivity contribution is -0.133. The number of likely N-dealkylation sites (tertiary alicyclic amines) is 1. The fourth-order valence-corrected chi connectivity index (χ4v) is 5.42. The van der Waals surface area contributed by atoms with Gasteiger partial charge in [0, 0.05) is 37.0 Å². The van der Waals surface area contributed by atoms with E-state index in [0.29, 0.717) is 24.4 Å². The fraction of sp³-hybridized carbons (Fsp3) is 0.522. The highest BCUT2D eigenvalue weighted by Crippen LogP contribution is 2.28. The fourth-order valence-electron chi connectivity index (χ4n) is 4.67. The van der Waals surface area contributed by atoms with Gasteiger partial charge in [0.05, 0.1) is 0 Å². The lowest BCUT2D eigenvalue weighted by Crippen LogP contribution is -2.51. The molecule has 2 aromatic rings. The van der Waals surface area contributed by atoms with E-state index >= 15 is 0 Å². The van der Waals surface area contributed by atoms with Gasteiger partial charge < -0.3 is 4.90 Å². The molecule has 4 heteroatoms. The summed E-state index contributed by atoms with van der Waals surface area (Å²) >= 11 is 1.79. The highest BCUT2D eigenvalue weighted by Gasteiger charge is 2.32. The summed E-state index contributed by atoms with van der Waals surface area (Å²) in [5.74, 6) is 0.313. The maximum Gasteiger partial charge on any atom is 0.222 e. The number of nitrogens with zero attached hydrogens (tertiary/aromatic N) is 2. The van der Waals surface area contributed by atoms with Crippen molar-refractivity contribution >= 4 is 17.2 Å². The maximum absolute atomic E-state index is 12.7. The van der Waals surface area contributed by atoms with E-state index in [-0.39, 0.29) is 0 Å². The van der Waals surface area contributed by atoms with Crippen molar-refractivity contribution in [3.05, 3.63) is 57.8 Å². The van der Waals surface area contributed by atoms with Gasteiger partial charge in [0.25, 0.3) is 0 Å². The SMILES string of the molecule is CN(C(=O)CCCc1cccs1)[C@H]1CCCN(C2Cc3ccccc3C2)C1. The molecule has 144 valence electrons. The average Bonchev–Trinajstić information content (AvgIpc) is 3.37. The quantitative estimate of drug-likeness (QED) is 0.749. The first kappa shape index (κ1) is 18.7. The van der Waals surface area contributed by atoms with Crippen LogP contribution in [0.3, 0.4) is 0 Å². The van der Waals surface area contributed by atoms with Crippen LogP contribution in [0.4, 0.5) is 0 Å². The lowest BCUT2D eigenvalue weighted by Gasteiger charge is -2.40. The van der Waals surface area contributed by atoms with E-state index in [2.05, 4.69) is 46.7 Å². The van der Waals surface area contributed by atoms with E-state index in [4.69, 9.17) is 0 Å². The number of amides is 1. The van der Waals surface area contributed by atoms with Crippen LogP contribution in [0.2, 0.25) is 0 Å². The van der Waals surface area contributed by atoms with Crippen molar-refractivity contribution in [1.29, 1.82) is 0 Å². The molecule has 2 aliphatic rings. The van der Waals surface area contributed by atoms with Gasteiger partial charge >= 0.3 is 0 Å². The van der Waals surface area contributed by atoms with Crippen LogP contribution in [0.25, 0.3) is 0 Å². The number of hydrogen-bond donors (Lipinski definition) is 0. The second-order valence-corrected chi connectivity index (χ2v) is 9.09. The minimum absolute atomic E-state index is 0.313. The molecule has 0 saturated carbocycles.